The number of hydrogen-bond donors (Lipinski definition) is 1. The Bertz CT molecular complexity index is 353. The highest BCUT2D eigenvalue weighted by molar-refractivity contribution is 5.39. The Balaban J connectivity index is 3.07. The van der Waals surface area contributed by atoms with Crippen molar-refractivity contribution in [1.82, 2.24) is 5.48 Å². The van der Waals surface area contributed by atoms with E-state index in [2.05, 4.69) is 5.48 Å². The summed E-state index contributed by atoms with van der Waals surface area (Å²) in [4.78, 5) is 4.78. The highest BCUT2D eigenvalue weighted by Crippen LogP contribution is 2.27. The van der Waals surface area contributed by atoms with Crippen LogP contribution in [0.4, 0.5) is 4.39 Å². The molecule has 0 unspecified atom stereocenters. The molecule has 90 valence electrons. The highest BCUT2D eigenvalue weighted by atomic mass is 19.1. The van der Waals surface area contributed by atoms with Crippen LogP contribution in [0.15, 0.2) is 12.1 Å². The fourth-order valence-electron chi connectivity index (χ4n) is 1.54. The lowest BCUT2D eigenvalue weighted by atomic mass is 9.99. The molecular formula is C12H18FNO2. The maximum atomic E-state index is 13.7. The average molecular weight is 227 g/mol. The van der Waals surface area contributed by atoms with Gasteiger partial charge >= 0.3 is 0 Å². The van der Waals surface area contributed by atoms with Gasteiger partial charge in [0.05, 0.1) is 14.2 Å². The third-order valence-electron chi connectivity index (χ3n) is 2.43. The molecule has 0 spiro atoms. The van der Waals surface area contributed by atoms with Gasteiger partial charge in [0.1, 0.15) is 11.6 Å². The molecule has 0 aliphatic heterocycles. The molecule has 0 amide bonds. The second kappa shape index (κ2) is 5.82. The first-order valence-corrected chi connectivity index (χ1v) is 5.22. The van der Waals surface area contributed by atoms with Crippen LogP contribution in [0.3, 0.4) is 0 Å². The van der Waals surface area contributed by atoms with Crippen LogP contribution < -0.4 is 10.2 Å². The van der Waals surface area contributed by atoms with Crippen LogP contribution in [0.5, 0.6) is 5.75 Å². The molecule has 0 saturated heterocycles. The molecule has 0 aliphatic carbocycles. The van der Waals surface area contributed by atoms with Crippen molar-refractivity contribution in [1.29, 1.82) is 0 Å². The van der Waals surface area contributed by atoms with Gasteiger partial charge in [-0.2, -0.15) is 5.48 Å². The van der Waals surface area contributed by atoms with Gasteiger partial charge in [0, 0.05) is 18.2 Å². The molecule has 0 saturated carbocycles. The summed E-state index contributed by atoms with van der Waals surface area (Å²) < 4.78 is 18.8. The molecule has 0 bridgehead atoms. The first kappa shape index (κ1) is 12.9. The lowest BCUT2D eigenvalue weighted by molar-refractivity contribution is 0.0861. The zero-order chi connectivity index (χ0) is 12.1. The molecule has 1 aromatic rings. The Labute approximate surface area is 95.5 Å². The Kier molecular flexibility index (Phi) is 4.71. The summed E-state index contributed by atoms with van der Waals surface area (Å²) in [6.07, 6.45) is 0. The van der Waals surface area contributed by atoms with Crippen molar-refractivity contribution in [3.63, 3.8) is 0 Å². The van der Waals surface area contributed by atoms with Gasteiger partial charge in [0.25, 0.3) is 0 Å². The van der Waals surface area contributed by atoms with E-state index in [1.807, 2.05) is 19.9 Å². The summed E-state index contributed by atoms with van der Waals surface area (Å²) in [6, 6.07) is 3.23. The summed E-state index contributed by atoms with van der Waals surface area (Å²) in [5.74, 6) is 0.451. The van der Waals surface area contributed by atoms with Gasteiger partial charge in [-0.1, -0.05) is 13.8 Å². The van der Waals surface area contributed by atoms with Gasteiger partial charge in [-0.05, 0) is 17.5 Å². The average Bonchev–Trinajstić information content (AvgIpc) is 2.26. The van der Waals surface area contributed by atoms with Gasteiger partial charge in [-0.25, -0.2) is 4.39 Å². The topological polar surface area (TPSA) is 30.5 Å². The van der Waals surface area contributed by atoms with E-state index in [1.165, 1.54) is 13.2 Å². The second-order valence-corrected chi connectivity index (χ2v) is 3.87. The molecule has 4 heteroatoms. The van der Waals surface area contributed by atoms with Crippen molar-refractivity contribution < 1.29 is 14.0 Å². The van der Waals surface area contributed by atoms with Crippen molar-refractivity contribution in [3.05, 3.63) is 29.1 Å². The van der Waals surface area contributed by atoms with E-state index in [0.717, 1.165) is 5.56 Å². The summed E-state index contributed by atoms with van der Waals surface area (Å²) in [7, 11) is 3.07. The summed E-state index contributed by atoms with van der Waals surface area (Å²) in [5, 5.41) is 0. The fourth-order valence-corrected chi connectivity index (χ4v) is 1.54. The van der Waals surface area contributed by atoms with E-state index in [0.29, 0.717) is 17.9 Å². The molecule has 1 rings (SSSR count). The molecule has 3 nitrogen and oxygen atoms in total. The number of nitrogens with one attached hydrogen (secondary N) is 1. The first-order chi connectivity index (χ1) is 7.60. The summed E-state index contributed by atoms with van der Waals surface area (Å²) in [6.45, 7) is 4.40. The van der Waals surface area contributed by atoms with Crippen LogP contribution in [-0.4, -0.2) is 14.2 Å². The number of hydroxylamine groups is 1. The van der Waals surface area contributed by atoms with Crippen LogP contribution >= 0.6 is 0 Å². The standard InChI is InChI=1S/C12H18FNO2/c1-8(2)10-5-9(7-14-16-4)12(15-3)6-11(10)13/h5-6,8,14H,7H2,1-4H3. The normalized spacial score (nSPS) is 10.9. The fraction of sp³-hybridized carbons (Fsp3) is 0.500. The van der Waals surface area contributed by atoms with Gasteiger partial charge in [-0.3, -0.25) is 0 Å². The molecule has 0 fully saturated rings. The smallest absolute Gasteiger partial charge is 0.130 e. The van der Waals surface area contributed by atoms with Crippen molar-refractivity contribution in [3.8, 4) is 5.75 Å². The number of benzene rings is 1. The highest BCUT2D eigenvalue weighted by Gasteiger charge is 2.12. The maximum absolute atomic E-state index is 13.7. The lowest BCUT2D eigenvalue weighted by Gasteiger charge is -2.14. The summed E-state index contributed by atoms with van der Waals surface area (Å²) >= 11 is 0. The van der Waals surface area contributed by atoms with Gasteiger partial charge in [0.15, 0.2) is 0 Å². The predicted molar refractivity (Wildman–Crippen MR) is 60.9 cm³/mol. The molecule has 1 N–H and O–H groups in total. The minimum absolute atomic E-state index is 0.146. The van der Waals surface area contributed by atoms with E-state index in [1.54, 1.807) is 7.11 Å². The third kappa shape index (κ3) is 2.93. The van der Waals surface area contributed by atoms with Crippen LogP contribution in [0.2, 0.25) is 0 Å². The third-order valence-corrected chi connectivity index (χ3v) is 2.43. The van der Waals surface area contributed by atoms with E-state index >= 15 is 0 Å². The molecule has 0 heterocycles. The monoisotopic (exact) mass is 227 g/mol. The minimum Gasteiger partial charge on any atom is -0.496 e. The Morgan fingerprint density at radius 3 is 2.50 bits per heavy atom. The molecule has 0 radical (unpaired) electrons. The maximum Gasteiger partial charge on any atom is 0.130 e. The molecular weight excluding hydrogens is 209 g/mol. The molecule has 0 aliphatic rings. The largest absolute Gasteiger partial charge is 0.496 e. The Morgan fingerprint density at radius 1 is 1.31 bits per heavy atom. The van der Waals surface area contributed by atoms with Crippen molar-refractivity contribution in [2.45, 2.75) is 26.3 Å². The molecule has 0 aromatic heterocycles. The van der Waals surface area contributed by atoms with Crippen LogP contribution in [0, 0.1) is 5.82 Å². The van der Waals surface area contributed by atoms with Gasteiger partial charge in [-0.15, -0.1) is 0 Å². The van der Waals surface area contributed by atoms with Crippen molar-refractivity contribution >= 4 is 0 Å². The first-order valence-electron chi connectivity index (χ1n) is 5.22. The molecule has 0 atom stereocenters. The van der Waals surface area contributed by atoms with Crippen molar-refractivity contribution in [2.75, 3.05) is 14.2 Å². The zero-order valence-corrected chi connectivity index (χ0v) is 10.1. The predicted octanol–water partition coefficient (Wildman–Crippen LogP) is 2.61. The molecule has 1 aromatic carbocycles. The van der Waals surface area contributed by atoms with Gasteiger partial charge < -0.3 is 9.57 Å². The van der Waals surface area contributed by atoms with Crippen LogP contribution in [0.25, 0.3) is 0 Å². The SMILES string of the molecule is CONCc1cc(C(C)C)c(F)cc1OC. The Hall–Kier alpha value is -1.13. The van der Waals surface area contributed by atoms with Crippen molar-refractivity contribution in [2.24, 2.45) is 0 Å². The second-order valence-electron chi connectivity index (χ2n) is 3.87. The lowest BCUT2D eigenvalue weighted by Crippen LogP contribution is -2.12. The summed E-state index contributed by atoms with van der Waals surface area (Å²) in [5.41, 5.74) is 4.29. The van der Waals surface area contributed by atoms with Crippen LogP contribution in [0.1, 0.15) is 30.9 Å². The quantitative estimate of drug-likeness (QED) is 0.784. The zero-order valence-electron chi connectivity index (χ0n) is 10.1. The van der Waals surface area contributed by atoms with E-state index in [4.69, 9.17) is 9.57 Å². The number of rotatable bonds is 5. The van der Waals surface area contributed by atoms with E-state index in [-0.39, 0.29) is 11.7 Å². The Morgan fingerprint density at radius 2 is 2.00 bits per heavy atom. The van der Waals surface area contributed by atoms with Crippen LogP contribution in [-0.2, 0) is 11.4 Å². The van der Waals surface area contributed by atoms with Gasteiger partial charge in [0.2, 0.25) is 0 Å². The number of methoxy groups -OCH3 is 1. The number of hydrogen-bond acceptors (Lipinski definition) is 3. The molecule has 16 heavy (non-hydrogen) atoms. The number of halogens is 1. The van der Waals surface area contributed by atoms with E-state index < -0.39 is 0 Å². The number of ether oxygens (including phenoxy) is 1. The van der Waals surface area contributed by atoms with E-state index in [9.17, 15) is 4.39 Å². The minimum atomic E-state index is -0.229.